The van der Waals surface area contributed by atoms with Gasteiger partial charge in [-0.25, -0.2) is 4.39 Å². The van der Waals surface area contributed by atoms with Crippen LogP contribution < -0.4 is 4.74 Å². The normalized spacial score (nSPS) is 11.6. The van der Waals surface area contributed by atoms with Crippen molar-refractivity contribution in [3.8, 4) is 16.9 Å². The topological polar surface area (TPSA) is 9.23 Å². The molecule has 0 aliphatic heterocycles. The fourth-order valence-electron chi connectivity index (χ4n) is 3.37. The summed E-state index contributed by atoms with van der Waals surface area (Å²) in [5.74, 6) is -1.32. The number of ether oxygens (including phenoxy) is 1. The summed E-state index contributed by atoms with van der Waals surface area (Å²) in [6, 6.07) is 17.7. The van der Waals surface area contributed by atoms with E-state index in [0.717, 1.165) is 36.8 Å². The van der Waals surface area contributed by atoms with Gasteiger partial charge in [0, 0.05) is 0 Å². The minimum Gasteiger partial charge on any atom is -0.426 e. The van der Waals surface area contributed by atoms with Crippen LogP contribution in [0.25, 0.3) is 11.1 Å². The SMILES string of the molecule is C=CCCc1ccc(C(F)(F)Oc2ccc(-c3ccc(CC/C=C/C)cc3)cc2F)cc1. The molecule has 3 aromatic rings. The van der Waals surface area contributed by atoms with E-state index in [9.17, 15) is 13.2 Å². The summed E-state index contributed by atoms with van der Waals surface area (Å²) >= 11 is 0. The highest BCUT2D eigenvalue weighted by Crippen LogP contribution is 2.34. The number of alkyl halides is 2. The van der Waals surface area contributed by atoms with Crippen molar-refractivity contribution in [2.24, 2.45) is 0 Å². The van der Waals surface area contributed by atoms with Crippen LogP contribution in [-0.4, -0.2) is 0 Å². The maximum atomic E-state index is 14.6. The number of halogens is 3. The van der Waals surface area contributed by atoms with Crippen LogP contribution in [0.15, 0.2) is 91.5 Å². The van der Waals surface area contributed by atoms with Crippen molar-refractivity contribution in [2.75, 3.05) is 0 Å². The van der Waals surface area contributed by atoms with Crippen LogP contribution >= 0.6 is 0 Å². The number of benzene rings is 3. The van der Waals surface area contributed by atoms with Gasteiger partial charge in [-0.1, -0.05) is 60.7 Å². The molecule has 3 rings (SSSR count). The smallest absolute Gasteiger partial charge is 0.426 e. The summed E-state index contributed by atoms with van der Waals surface area (Å²) in [4.78, 5) is 0. The molecule has 0 atom stereocenters. The van der Waals surface area contributed by atoms with Gasteiger partial charge in [-0.3, -0.25) is 0 Å². The third-order valence-electron chi connectivity index (χ3n) is 5.22. The lowest BCUT2D eigenvalue weighted by Crippen LogP contribution is -2.22. The van der Waals surface area contributed by atoms with Crippen molar-refractivity contribution in [2.45, 2.75) is 38.7 Å². The number of aryl methyl sites for hydroxylation is 2. The Labute approximate surface area is 187 Å². The second-order valence-electron chi connectivity index (χ2n) is 7.59. The predicted octanol–water partition coefficient (Wildman–Crippen LogP) is 8.25. The summed E-state index contributed by atoms with van der Waals surface area (Å²) < 4.78 is 48.6. The summed E-state index contributed by atoms with van der Waals surface area (Å²) in [6.07, 6.45) is 5.63. The lowest BCUT2D eigenvalue weighted by molar-refractivity contribution is -0.186. The summed E-state index contributed by atoms with van der Waals surface area (Å²) in [5, 5.41) is 0. The van der Waals surface area contributed by atoms with E-state index in [-0.39, 0.29) is 5.56 Å². The van der Waals surface area contributed by atoms with Crippen LogP contribution in [0.5, 0.6) is 5.75 Å². The van der Waals surface area contributed by atoms with Gasteiger partial charge in [-0.05, 0) is 79.1 Å². The molecule has 0 aliphatic rings. The van der Waals surface area contributed by atoms with E-state index in [1.165, 1.54) is 29.8 Å². The Hall–Kier alpha value is -3.27. The predicted molar refractivity (Wildman–Crippen MR) is 124 cm³/mol. The fourth-order valence-corrected chi connectivity index (χ4v) is 3.37. The van der Waals surface area contributed by atoms with E-state index in [1.54, 1.807) is 24.3 Å². The minimum atomic E-state index is -3.64. The molecule has 0 fully saturated rings. The molecule has 0 aromatic heterocycles. The Bertz CT molecular complexity index is 1050. The largest absolute Gasteiger partial charge is 0.426 e. The first-order chi connectivity index (χ1) is 15.4. The first kappa shape index (κ1) is 23.4. The Kier molecular flexibility index (Phi) is 7.93. The first-order valence-corrected chi connectivity index (χ1v) is 10.7. The standard InChI is InChI=1S/C28H27F3O/c1-3-5-7-9-22-10-14-23(15-11-22)24-16-19-27(26(29)20-24)32-28(30,31)25-17-12-21(13-18-25)8-6-4-2/h3-5,10-20H,2,6-9H2,1H3/b5-3+. The van der Waals surface area contributed by atoms with Gasteiger partial charge in [0.15, 0.2) is 11.6 Å². The van der Waals surface area contributed by atoms with Gasteiger partial charge in [-0.15, -0.1) is 6.58 Å². The average molecular weight is 437 g/mol. The first-order valence-electron chi connectivity index (χ1n) is 10.7. The van der Waals surface area contributed by atoms with Crippen molar-refractivity contribution < 1.29 is 17.9 Å². The molecule has 0 radical (unpaired) electrons. The van der Waals surface area contributed by atoms with Crippen molar-refractivity contribution in [3.05, 3.63) is 114 Å². The molecule has 166 valence electrons. The molecule has 0 N–H and O–H groups in total. The summed E-state index contributed by atoms with van der Waals surface area (Å²) in [5.41, 5.74) is 3.20. The highest BCUT2D eigenvalue weighted by atomic mass is 19.3. The van der Waals surface area contributed by atoms with E-state index < -0.39 is 17.7 Å². The van der Waals surface area contributed by atoms with Gasteiger partial charge >= 0.3 is 6.11 Å². The lowest BCUT2D eigenvalue weighted by atomic mass is 10.0. The zero-order valence-electron chi connectivity index (χ0n) is 18.2. The molecule has 0 saturated carbocycles. The van der Waals surface area contributed by atoms with Crippen LogP contribution in [0.2, 0.25) is 0 Å². The minimum absolute atomic E-state index is 0.322. The van der Waals surface area contributed by atoms with E-state index >= 15 is 0 Å². The highest BCUT2D eigenvalue weighted by molar-refractivity contribution is 5.64. The molecule has 3 aromatic carbocycles. The molecule has 0 bridgehead atoms. The number of rotatable bonds is 10. The van der Waals surface area contributed by atoms with Gasteiger partial charge in [0.1, 0.15) is 0 Å². The maximum absolute atomic E-state index is 14.6. The molecule has 0 aliphatic carbocycles. The summed E-state index contributed by atoms with van der Waals surface area (Å²) in [7, 11) is 0. The van der Waals surface area contributed by atoms with Gasteiger partial charge in [0.05, 0.1) is 5.56 Å². The van der Waals surface area contributed by atoms with Gasteiger partial charge in [-0.2, -0.15) is 8.78 Å². The Morgan fingerprint density at radius 1 is 0.844 bits per heavy atom. The second kappa shape index (κ2) is 10.9. The lowest BCUT2D eigenvalue weighted by Gasteiger charge is -2.19. The zero-order chi connectivity index (χ0) is 23.0. The Morgan fingerprint density at radius 2 is 1.44 bits per heavy atom. The van der Waals surface area contributed by atoms with Crippen LogP contribution in [0.4, 0.5) is 13.2 Å². The van der Waals surface area contributed by atoms with Gasteiger partial charge < -0.3 is 4.74 Å². The second-order valence-corrected chi connectivity index (χ2v) is 7.59. The van der Waals surface area contributed by atoms with Crippen LogP contribution in [0.1, 0.15) is 36.5 Å². The van der Waals surface area contributed by atoms with E-state index in [4.69, 9.17) is 4.74 Å². The molecule has 0 heterocycles. The molecule has 0 spiro atoms. The highest BCUT2D eigenvalue weighted by Gasteiger charge is 2.35. The van der Waals surface area contributed by atoms with Gasteiger partial charge in [0.2, 0.25) is 0 Å². The molecular weight excluding hydrogens is 409 g/mol. The maximum Gasteiger partial charge on any atom is 0.426 e. The average Bonchev–Trinajstić information content (AvgIpc) is 2.80. The molecule has 0 unspecified atom stereocenters. The van der Waals surface area contributed by atoms with Crippen LogP contribution in [0.3, 0.4) is 0 Å². The van der Waals surface area contributed by atoms with Crippen molar-refractivity contribution in [1.29, 1.82) is 0 Å². The van der Waals surface area contributed by atoms with E-state index in [0.29, 0.717) is 5.56 Å². The molecule has 32 heavy (non-hydrogen) atoms. The fraction of sp³-hybridized carbons (Fsp3) is 0.214. The van der Waals surface area contributed by atoms with E-state index in [1.807, 2.05) is 37.3 Å². The summed E-state index contributed by atoms with van der Waals surface area (Å²) in [6.45, 7) is 5.64. The Morgan fingerprint density at radius 3 is 2.03 bits per heavy atom. The molecule has 0 saturated heterocycles. The molecule has 4 heteroatoms. The number of hydrogen-bond acceptors (Lipinski definition) is 1. The van der Waals surface area contributed by atoms with E-state index in [2.05, 4.69) is 12.7 Å². The van der Waals surface area contributed by atoms with Crippen LogP contribution in [-0.2, 0) is 19.0 Å². The molecule has 1 nitrogen and oxygen atoms in total. The van der Waals surface area contributed by atoms with Crippen molar-refractivity contribution >= 4 is 0 Å². The zero-order valence-corrected chi connectivity index (χ0v) is 18.2. The quantitative estimate of drug-likeness (QED) is 0.291. The number of allylic oxidation sites excluding steroid dienone is 3. The molecule has 0 amide bonds. The van der Waals surface area contributed by atoms with Crippen molar-refractivity contribution in [3.63, 3.8) is 0 Å². The molecular formula is C28H27F3O. The number of hydrogen-bond donors (Lipinski definition) is 0. The Balaban J connectivity index is 1.71. The van der Waals surface area contributed by atoms with Crippen LogP contribution in [0, 0.1) is 5.82 Å². The van der Waals surface area contributed by atoms with Gasteiger partial charge in [0.25, 0.3) is 0 Å². The monoisotopic (exact) mass is 436 g/mol. The third-order valence-corrected chi connectivity index (χ3v) is 5.22. The van der Waals surface area contributed by atoms with Crippen molar-refractivity contribution in [1.82, 2.24) is 0 Å². The third kappa shape index (κ3) is 6.13.